The summed E-state index contributed by atoms with van der Waals surface area (Å²) in [6.45, 7) is 7.07. The van der Waals surface area contributed by atoms with Gasteiger partial charge >= 0.3 is 0 Å². The lowest BCUT2D eigenvalue weighted by molar-refractivity contribution is -0.150. The summed E-state index contributed by atoms with van der Waals surface area (Å²) in [7, 11) is -3.54. The Hall–Kier alpha value is -3.90. The molecule has 2 saturated heterocycles. The highest BCUT2D eigenvalue weighted by Gasteiger charge is 2.67. The zero-order chi connectivity index (χ0) is 34.8. The lowest BCUT2D eigenvalue weighted by Gasteiger charge is -2.31. The number of nitrogens with zero attached hydrogens (tertiary/aromatic N) is 2. The molecule has 3 aromatic rings. The number of benzene rings is 3. The Bertz CT molecular complexity index is 1650. The molecule has 3 N–H and O–H groups in total. The van der Waals surface area contributed by atoms with Crippen LogP contribution in [0.2, 0.25) is 18.6 Å². The van der Waals surface area contributed by atoms with E-state index in [0.29, 0.717) is 30.0 Å². The van der Waals surface area contributed by atoms with Gasteiger partial charge in [0.1, 0.15) is 0 Å². The Balaban J connectivity index is 1.36. The van der Waals surface area contributed by atoms with E-state index in [1.807, 2.05) is 79.7 Å². The topological polar surface area (TPSA) is 111 Å². The third-order valence-electron chi connectivity index (χ3n) is 10.4. The number of hydrogen-bond acceptors (Lipinski definition) is 6. The highest BCUT2D eigenvalue weighted by Crippen LogP contribution is 2.60. The number of carbonyl (C=O) groups excluding carboxylic acids is 3. The molecule has 260 valence electrons. The van der Waals surface area contributed by atoms with Crippen molar-refractivity contribution in [2.75, 3.05) is 36.5 Å². The lowest BCUT2D eigenvalue weighted by atomic mass is 9.82. The quantitative estimate of drug-likeness (QED) is 0.185. The summed E-state index contributed by atoms with van der Waals surface area (Å²) in [5, 5.41) is 16.2. The number of aliphatic hydroxyl groups excluding tert-OH is 1. The van der Waals surface area contributed by atoms with Crippen LogP contribution < -0.4 is 15.5 Å². The zero-order valence-corrected chi connectivity index (χ0v) is 29.5. The van der Waals surface area contributed by atoms with E-state index in [1.54, 1.807) is 29.0 Å². The summed E-state index contributed by atoms with van der Waals surface area (Å²) in [5.41, 5.74) is 1.38. The molecule has 0 saturated carbocycles. The molecule has 3 heterocycles. The molecule has 3 aliphatic rings. The zero-order valence-electron chi connectivity index (χ0n) is 28.5. The van der Waals surface area contributed by atoms with E-state index in [4.69, 9.17) is 4.74 Å². The van der Waals surface area contributed by atoms with Crippen molar-refractivity contribution in [3.05, 3.63) is 95.6 Å². The normalized spacial score (nSPS) is 25.0. The maximum atomic E-state index is 16.5. The van der Waals surface area contributed by atoms with Crippen LogP contribution in [0.15, 0.2) is 78.9 Å². The summed E-state index contributed by atoms with van der Waals surface area (Å²) in [6.07, 6.45) is 0.718. The molecule has 0 radical (unpaired) electrons. The number of rotatable bonds is 11. The minimum atomic E-state index is -3.54. The number of ether oxygens (including phenoxy) is 1. The summed E-state index contributed by atoms with van der Waals surface area (Å²) < 4.78 is 23.4. The van der Waals surface area contributed by atoms with Gasteiger partial charge in [0, 0.05) is 42.3 Å². The van der Waals surface area contributed by atoms with Crippen molar-refractivity contribution in [1.29, 1.82) is 0 Å². The molecule has 1 spiro atoms. The van der Waals surface area contributed by atoms with E-state index in [0.717, 1.165) is 30.5 Å². The highest BCUT2D eigenvalue weighted by molar-refractivity contribution is 6.72. The molecule has 3 amide bonds. The van der Waals surface area contributed by atoms with Crippen molar-refractivity contribution >= 4 is 37.5 Å². The fourth-order valence-electron chi connectivity index (χ4n) is 8.09. The maximum absolute atomic E-state index is 16.5. The van der Waals surface area contributed by atoms with E-state index in [-0.39, 0.29) is 49.8 Å². The Kier molecular flexibility index (Phi) is 10.4. The summed E-state index contributed by atoms with van der Waals surface area (Å²) in [4.78, 5) is 45.3. The van der Waals surface area contributed by atoms with Crippen LogP contribution in [-0.4, -0.2) is 68.5 Å². The molecule has 0 aromatic heterocycles. The van der Waals surface area contributed by atoms with E-state index < -0.39 is 31.6 Å². The van der Waals surface area contributed by atoms with Gasteiger partial charge in [-0.2, -0.15) is 0 Å². The van der Waals surface area contributed by atoms with Crippen LogP contribution in [0, 0.1) is 11.8 Å². The van der Waals surface area contributed by atoms with Crippen LogP contribution >= 0.6 is 0 Å². The summed E-state index contributed by atoms with van der Waals surface area (Å²) in [6, 6.07) is 24.6. The fourth-order valence-corrected chi connectivity index (χ4v) is 10.6. The minimum Gasteiger partial charge on any atom is -0.395 e. The molecular weight excluding hydrogens is 640 g/mol. The van der Waals surface area contributed by atoms with Gasteiger partial charge in [-0.15, -0.1) is 0 Å². The minimum absolute atomic E-state index is 0.0897. The number of carbonyl (C=O) groups is 3. The summed E-state index contributed by atoms with van der Waals surface area (Å²) >= 11 is 0. The molecule has 5 atom stereocenters. The second-order valence-electron chi connectivity index (χ2n) is 14.1. The van der Waals surface area contributed by atoms with Crippen LogP contribution in [0.1, 0.15) is 42.9 Å². The fraction of sp³-hybridized carbons (Fsp3) is 0.447. The first-order valence-corrected chi connectivity index (χ1v) is 20.3. The van der Waals surface area contributed by atoms with Gasteiger partial charge in [-0.05, 0) is 61.8 Å². The SMILES string of the molecule is C[C@@H]1[C@@H]([Si](C)(C)F)[C@H](CC(=O)N(CCO)Cc2ccccc2)O[C@@]12C(=O)N(Cc1ccccc1)c1ccc(NC(=O)C3CCCNC3)cc12. The van der Waals surface area contributed by atoms with Gasteiger partial charge in [-0.25, -0.2) is 0 Å². The standard InChI is InChI=1S/C38H47FN4O5Si/c1-26-35(49(2,3)39)33(22-34(45)42(19-20-44)24-27-11-6-4-7-12-27)48-38(26)31-21-30(41-36(46)29-15-10-18-40-23-29)16-17-32(31)43(37(38)47)25-28-13-8-5-9-14-28/h4-9,11-14,16-17,21,26,29,33,35,40,44H,10,15,18-20,22-25H2,1-3H3,(H,41,46)/t26-,29?,33+,35-,38+/m1/s1. The van der Waals surface area contributed by atoms with E-state index in [1.165, 1.54) is 0 Å². The van der Waals surface area contributed by atoms with Crippen LogP contribution in [0.3, 0.4) is 0 Å². The molecule has 6 rings (SSSR count). The Morgan fingerprint density at radius 2 is 1.78 bits per heavy atom. The number of halogens is 1. The van der Waals surface area contributed by atoms with Gasteiger partial charge in [0.15, 0.2) is 5.60 Å². The van der Waals surface area contributed by atoms with Crippen molar-refractivity contribution in [1.82, 2.24) is 10.2 Å². The molecule has 9 nitrogen and oxygen atoms in total. The molecule has 0 bridgehead atoms. The van der Waals surface area contributed by atoms with Gasteiger partial charge < -0.3 is 34.4 Å². The number of anilines is 2. The molecule has 3 aromatic carbocycles. The lowest BCUT2D eigenvalue weighted by Crippen LogP contribution is -2.45. The van der Waals surface area contributed by atoms with Gasteiger partial charge in [0.2, 0.25) is 20.2 Å². The largest absolute Gasteiger partial charge is 0.395 e. The van der Waals surface area contributed by atoms with Crippen LogP contribution in [0.25, 0.3) is 0 Å². The average Bonchev–Trinajstić information content (AvgIpc) is 3.51. The molecular formula is C38H47FN4O5Si. The monoisotopic (exact) mass is 686 g/mol. The van der Waals surface area contributed by atoms with E-state index in [2.05, 4.69) is 10.6 Å². The van der Waals surface area contributed by atoms with Crippen molar-refractivity contribution in [2.45, 2.75) is 69.6 Å². The van der Waals surface area contributed by atoms with Crippen LogP contribution in [-0.2, 0) is 37.8 Å². The number of fused-ring (bicyclic) bond motifs is 2. The number of nitrogens with one attached hydrogen (secondary N) is 2. The molecule has 11 heteroatoms. The Morgan fingerprint density at radius 1 is 1.08 bits per heavy atom. The van der Waals surface area contributed by atoms with Gasteiger partial charge in [-0.3, -0.25) is 14.4 Å². The molecule has 2 fully saturated rings. The second kappa shape index (κ2) is 14.5. The van der Waals surface area contributed by atoms with Crippen molar-refractivity contribution in [3.8, 4) is 0 Å². The third kappa shape index (κ3) is 7.08. The number of piperidine rings is 1. The first-order valence-electron chi connectivity index (χ1n) is 17.3. The predicted octanol–water partition coefficient (Wildman–Crippen LogP) is 5.36. The van der Waals surface area contributed by atoms with Crippen LogP contribution in [0.4, 0.5) is 15.5 Å². The molecule has 49 heavy (non-hydrogen) atoms. The first kappa shape index (κ1) is 34.9. The summed E-state index contributed by atoms with van der Waals surface area (Å²) in [5.74, 6) is -1.42. The molecule has 0 aliphatic carbocycles. The number of aliphatic hydroxyl groups is 1. The number of amides is 3. The maximum Gasteiger partial charge on any atom is 0.264 e. The van der Waals surface area contributed by atoms with Gasteiger partial charge in [0.05, 0.1) is 37.3 Å². The Morgan fingerprint density at radius 3 is 2.41 bits per heavy atom. The predicted molar refractivity (Wildman–Crippen MR) is 190 cm³/mol. The second-order valence-corrected chi connectivity index (χ2v) is 17.9. The van der Waals surface area contributed by atoms with Crippen molar-refractivity contribution in [2.24, 2.45) is 11.8 Å². The highest BCUT2D eigenvalue weighted by atomic mass is 28.4. The molecule has 3 aliphatic heterocycles. The third-order valence-corrected chi connectivity index (χ3v) is 12.9. The van der Waals surface area contributed by atoms with Gasteiger partial charge in [-0.1, -0.05) is 67.6 Å². The first-order chi connectivity index (χ1) is 23.5. The Labute approximate surface area is 289 Å². The van der Waals surface area contributed by atoms with Crippen LogP contribution in [0.5, 0.6) is 0 Å². The van der Waals surface area contributed by atoms with E-state index in [9.17, 15) is 19.5 Å². The smallest absolute Gasteiger partial charge is 0.264 e. The van der Waals surface area contributed by atoms with E-state index >= 15 is 4.11 Å². The molecule has 1 unspecified atom stereocenters. The van der Waals surface area contributed by atoms with Crippen molar-refractivity contribution < 1.29 is 28.3 Å². The van der Waals surface area contributed by atoms with Gasteiger partial charge in [0.25, 0.3) is 5.91 Å². The average molecular weight is 687 g/mol. The van der Waals surface area contributed by atoms with Crippen molar-refractivity contribution in [3.63, 3.8) is 0 Å². The number of hydrogen-bond donors (Lipinski definition) is 3.